The molecule has 57 heavy (non-hydrogen) atoms. The third kappa shape index (κ3) is 4.65. The maximum Gasteiger partial charge on any atom is 0.115 e. The predicted octanol–water partition coefficient (Wildman–Crippen LogP) is 8.49. The predicted molar refractivity (Wildman–Crippen MR) is 243 cm³/mol. The van der Waals surface area contributed by atoms with Gasteiger partial charge in [-0.05, 0) is 94.3 Å². The highest BCUT2D eigenvalue weighted by Crippen LogP contribution is 2.63. The van der Waals surface area contributed by atoms with E-state index in [2.05, 4.69) is 174 Å². The summed E-state index contributed by atoms with van der Waals surface area (Å²) < 4.78 is 2.37. The molecule has 6 heteroatoms. The van der Waals surface area contributed by atoms with Gasteiger partial charge in [0.05, 0.1) is 22.1 Å². The molecule has 0 spiro atoms. The Morgan fingerprint density at radius 3 is 2.11 bits per heavy atom. The molecule has 0 saturated carbocycles. The van der Waals surface area contributed by atoms with Crippen LogP contribution >= 0.6 is 0 Å². The van der Waals surface area contributed by atoms with Crippen LogP contribution in [0.2, 0.25) is 0 Å². The highest BCUT2D eigenvalue weighted by atomic mass is 15.2. The van der Waals surface area contributed by atoms with Gasteiger partial charge in [-0.15, -0.1) is 10.9 Å². The zero-order valence-corrected chi connectivity index (χ0v) is 31.7. The number of anilines is 3. The maximum atomic E-state index is 7.36. The number of hydrogen-bond acceptors (Lipinski definition) is 1. The highest BCUT2D eigenvalue weighted by Gasteiger charge is 2.53. The molecule has 8 aromatic rings. The van der Waals surface area contributed by atoms with Crippen LogP contribution in [0.4, 0.5) is 17.1 Å². The molecule has 2 heterocycles. The van der Waals surface area contributed by atoms with E-state index < -0.39 is 5.41 Å². The molecule has 2 nitrogen and oxygen atoms in total. The fourth-order valence-corrected chi connectivity index (χ4v) is 10.3. The monoisotopic (exact) mass is 718 g/mol. The average molecular weight is 718 g/mol. The van der Waals surface area contributed by atoms with Crippen LogP contribution in [0.3, 0.4) is 0 Å². The Morgan fingerprint density at radius 1 is 0.579 bits per heavy atom. The lowest BCUT2D eigenvalue weighted by molar-refractivity contribution is 0.624. The van der Waals surface area contributed by atoms with Crippen molar-refractivity contribution >= 4 is 92.1 Å². The summed E-state index contributed by atoms with van der Waals surface area (Å²) >= 11 is 0. The molecule has 11 rings (SSSR count). The Hall–Kier alpha value is -6.12. The number of nitrogens with zero attached hydrogens (tertiary/aromatic N) is 2. The molecule has 1 aliphatic heterocycles. The molecule has 8 radical (unpaired) electrons. The average Bonchev–Trinajstić information content (AvgIpc) is 3.60. The molecule has 0 bridgehead atoms. The Bertz CT molecular complexity index is 3030. The van der Waals surface area contributed by atoms with E-state index in [-0.39, 0.29) is 5.92 Å². The number of fused-ring (bicyclic) bond motifs is 7. The van der Waals surface area contributed by atoms with Gasteiger partial charge < -0.3 is 9.47 Å². The van der Waals surface area contributed by atoms with Crippen LogP contribution < -0.4 is 26.8 Å². The lowest BCUT2D eigenvalue weighted by Crippen LogP contribution is -2.56. The molecule has 260 valence electrons. The second-order valence-corrected chi connectivity index (χ2v) is 15.6. The molecule has 2 unspecified atom stereocenters. The van der Waals surface area contributed by atoms with Crippen LogP contribution in [0.25, 0.3) is 38.6 Å². The molecular formula is C51H34B4N2. The molecule has 1 aromatic heterocycles. The van der Waals surface area contributed by atoms with E-state index in [0.717, 1.165) is 57.6 Å². The van der Waals surface area contributed by atoms with Crippen LogP contribution in [0, 0.1) is 0 Å². The molecule has 2 atom stereocenters. The van der Waals surface area contributed by atoms with Crippen LogP contribution in [0.5, 0.6) is 0 Å². The van der Waals surface area contributed by atoms with Crippen molar-refractivity contribution in [2.75, 3.05) is 4.90 Å². The first-order valence-corrected chi connectivity index (χ1v) is 19.7. The van der Waals surface area contributed by atoms with E-state index in [4.69, 9.17) is 31.4 Å². The van der Waals surface area contributed by atoms with Crippen molar-refractivity contribution < 1.29 is 0 Å². The smallest absolute Gasteiger partial charge is 0.115 e. The van der Waals surface area contributed by atoms with Gasteiger partial charge in [0.1, 0.15) is 31.4 Å². The number of para-hydroxylation sites is 1. The molecular weight excluding hydrogens is 684 g/mol. The van der Waals surface area contributed by atoms with Crippen LogP contribution in [-0.4, -0.2) is 36.0 Å². The summed E-state index contributed by atoms with van der Waals surface area (Å²) in [6.45, 7) is 2.32. The quantitative estimate of drug-likeness (QED) is 0.166. The number of allylic oxidation sites excluding steroid dienone is 4. The van der Waals surface area contributed by atoms with Crippen molar-refractivity contribution in [3.8, 4) is 16.8 Å². The normalized spacial score (nSPS) is 17.9. The van der Waals surface area contributed by atoms with Gasteiger partial charge in [0.2, 0.25) is 0 Å². The molecule has 3 aliphatic rings. The minimum absolute atomic E-state index is 0.138. The van der Waals surface area contributed by atoms with Crippen molar-refractivity contribution in [1.29, 1.82) is 0 Å². The van der Waals surface area contributed by atoms with Gasteiger partial charge in [-0.25, -0.2) is 0 Å². The van der Waals surface area contributed by atoms with Crippen LogP contribution in [-0.2, 0) is 5.41 Å². The largest absolute Gasteiger partial charge is 0.310 e. The van der Waals surface area contributed by atoms with Gasteiger partial charge >= 0.3 is 0 Å². The summed E-state index contributed by atoms with van der Waals surface area (Å²) in [7, 11) is 28.4. The first-order valence-electron chi connectivity index (χ1n) is 19.7. The molecule has 0 amide bonds. The summed E-state index contributed by atoms with van der Waals surface area (Å²) in [6.07, 6.45) is 8.49. The summed E-state index contributed by atoms with van der Waals surface area (Å²) in [5.41, 5.74) is 16.3. The standard InChI is InChI=1S/C51H34B4N2/c1-30-36-20-11-12-22-40(36)51(33-16-7-3-8-17-33)44-37(30)21-13-23-42(44)57(50-45(51)46(52)47(53)48(54)49(50)55)35-25-26-38-39-28-32(31-14-5-2-6-15-31)24-27-41(39)56(43(38)29-35)34-18-9-4-10-19-34/h2-7,9-16,18-30H,8,17H2,1H3. The Labute approximate surface area is 339 Å². The van der Waals surface area contributed by atoms with E-state index in [9.17, 15) is 0 Å². The van der Waals surface area contributed by atoms with E-state index in [1.165, 1.54) is 44.3 Å². The van der Waals surface area contributed by atoms with Crippen molar-refractivity contribution in [2.24, 2.45) is 0 Å². The summed E-state index contributed by atoms with van der Waals surface area (Å²) in [4.78, 5) is 2.30. The van der Waals surface area contributed by atoms with E-state index in [1.807, 2.05) is 0 Å². The van der Waals surface area contributed by atoms with Crippen LogP contribution in [0.15, 0.2) is 163 Å². The second kappa shape index (κ2) is 12.7. The number of hydrogen-bond donors (Lipinski definition) is 0. The maximum absolute atomic E-state index is 7.36. The molecule has 7 aromatic carbocycles. The minimum Gasteiger partial charge on any atom is -0.310 e. The zero-order valence-electron chi connectivity index (χ0n) is 31.7. The minimum atomic E-state index is -0.747. The first-order chi connectivity index (χ1) is 27.9. The van der Waals surface area contributed by atoms with Crippen LogP contribution in [0.1, 0.15) is 53.5 Å². The van der Waals surface area contributed by atoms with E-state index in [0.29, 0.717) is 21.9 Å². The Kier molecular flexibility index (Phi) is 7.61. The number of aromatic nitrogens is 1. The van der Waals surface area contributed by atoms with Crippen molar-refractivity contribution in [1.82, 2.24) is 4.57 Å². The molecule has 2 aliphatic carbocycles. The number of rotatable bonds is 4. The van der Waals surface area contributed by atoms with Gasteiger partial charge in [0.25, 0.3) is 0 Å². The van der Waals surface area contributed by atoms with Crippen molar-refractivity contribution in [2.45, 2.75) is 31.1 Å². The third-order valence-electron chi connectivity index (χ3n) is 12.8. The van der Waals surface area contributed by atoms with Gasteiger partial charge in [-0.3, -0.25) is 0 Å². The van der Waals surface area contributed by atoms with E-state index in [1.54, 1.807) is 0 Å². The molecule has 0 N–H and O–H groups in total. The zero-order chi connectivity index (χ0) is 38.6. The summed E-state index contributed by atoms with van der Waals surface area (Å²) in [5, 5.41) is 2.34. The lowest BCUT2D eigenvalue weighted by Gasteiger charge is -2.54. The Balaban J connectivity index is 1.26. The number of benzene rings is 7. The highest BCUT2D eigenvalue weighted by molar-refractivity contribution is 6.64. The summed E-state index contributed by atoms with van der Waals surface area (Å²) in [6, 6.07) is 50.2. The van der Waals surface area contributed by atoms with E-state index >= 15 is 0 Å². The Morgan fingerprint density at radius 2 is 1.32 bits per heavy atom. The van der Waals surface area contributed by atoms with Gasteiger partial charge in [0, 0.05) is 33.8 Å². The van der Waals surface area contributed by atoms with Gasteiger partial charge in [0.15, 0.2) is 0 Å². The second-order valence-electron chi connectivity index (χ2n) is 15.6. The topological polar surface area (TPSA) is 8.17 Å². The lowest BCUT2D eigenvalue weighted by atomic mass is 9.50. The fourth-order valence-electron chi connectivity index (χ4n) is 10.3. The van der Waals surface area contributed by atoms with Gasteiger partial charge in [-0.1, -0.05) is 139 Å². The van der Waals surface area contributed by atoms with Crippen molar-refractivity contribution in [3.05, 3.63) is 191 Å². The molecule has 0 saturated heterocycles. The summed E-state index contributed by atoms with van der Waals surface area (Å²) in [5.74, 6) is 0.138. The van der Waals surface area contributed by atoms with Crippen molar-refractivity contribution in [3.63, 3.8) is 0 Å². The first kappa shape index (κ1) is 34.2. The van der Waals surface area contributed by atoms with Gasteiger partial charge in [-0.2, -0.15) is 0 Å². The molecule has 0 fully saturated rings. The fraction of sp³-hybridized carbons (Fsp3) is 0.0980. The SMILES string of the molecule is [B]c1c([B])c([B])c2c(c1[B])N(c1ccc3c4cc(-c5ccccc5)ccc4n(-c4ccccc4)c3c1)c1cccc3c1C2(C1=CC=CCC1)c1ccccc1C3C. The third-order valence-corrected chi connectivity index (χ3v) is 12.8.